The zero-order valence-corrected chi connectivity index (χ0v) is 19.4. The van der Waals surface area contributed by atoms with E-state index in [4.69, 9.17) is 20.9 Å². The molecule has 0 bridgehead atoms. The fraction of sp³-hybridized carbons (Fsp3) is 1.00. The molecule has 0 saturated carbocycles. The zero-order chi connectivity index (χ0) is 21.4. The highest BCUT2D eigenvalue weighted by Crippen LogP contribution is 2.26. The van der Waals surface area contributed by atoms with Crippen molar-refractivity contribution in [1.29, 1.82) is 0 Å². The van der Waals surface area contributed by atoms with Crippen molar-refractivity contribution in [3.8, 4) is 0 Å². The van der Waals surface area contributed by atoms with Crippen molar-refractivity contribution in [3.63, 3.8) is 0 Å². The van der Waals surface area contributed by atoms with Crippen molar-refractivity contribution >= 4 is 0 Å². The number of nitrogens with two attached hydrogens (primary N) is 2. The Morgan fingerprint density at radius 3 is 2.11 bits per heavy atom. The van der Waals surface area contributed by atoms with Gasteiger partial charge in [-0.1, -0.05) is 0 Å². The van der Waals surface area contributed by atoms with Crippen LogP contribution in [0.3, 0.4) is 0 Å². The normalized spacial score (nSPS) is 15.5. The van der Waals surface area contributed by atoms with E-state index >= 15 is 0 Å². The third-order valence-corrected chi connectivity index (χ3v) is 5.09. The molecule has 0 aliphatic heterocycles. The lowest BCUT2D eigenvalue weighted by Gasteiger charge is -2.40. The second-order valence-electron chi connectivity index (χ2n) is 8.22. The predicted octanol–water partition coefficient (Wildman–Crippen LogP) is -0.511. The summed E-state index contributed by atoms with van der Waals surface area (Å²) in [5.74, 6) is 0. The molecule has 0 aliphatic rings. The maximum absolute atomic E-state index is 6.68. The number of hydrogen-bond acceptors (Lipinski definition) is 8. The monoisotopic (exact) mass is 404 g/mol. The average molecular weight is 405 g/mol. The first kappa shape index (κ1) is 27.7. The van der Waals surface area contributed by atoms with E-state index in [1.54, 1.807) is 0 Å². The van der Waals surface area contributed by atoms with E-state index in [0.29, 0.717) is 13.2 Å². The molecule has 0 amide bonds. The molecule has 0 aromatic rings. The molecule has 0 rings (SSSR count). The smallest absolute Gasteiger partial charge is 0.0857 e. The van der Waals surface area contributed by atoms with Gasteiger partial charge in [0, 0.05) is 32.2 Å². The molecule has 0 fully saturated rings. The van der Waals surface area contributed by atoms with Crippen LogP contribution in [0, 0.1) is 0 Å². The molecule has 8 nitrogen and oxygen atoms in total. The van der Waals surface area contributed by atoms with Gasteiger partial charge < -0.3 is 41.0 Å². The maximum Gasteiger partial charge on any atom is 0.0857 e. The summed E-state index contributed by atoms with van der Waals surface area (Å²) < 4.78 is 12.0. The summed E-state index contributed by atoms with van der Waals surface area (Å²) in [6, 6.07) is -0.0510. The van der Waals surface area contributed by atoms with Gasteiger partial charge in [0.1, 0.15) is 0 Å². The summed E-state index contributed by atoms with van der Waals surface area (Å²) >= 11 is 0. The largest absolute Gasteiger partial charge is 0.379 e. The van der Waals surface area contributed by atoms with Crippen LogP contribution in [-0.4, -0.2) is 128 Å². The molecule has 2 atom stereocenters. The maximum atomic E-state index is 6.68. The van der Waals surface area contributed by atoms with Crippen molar-refractivity contribution < 1.29 is 9.47 Å². The molecule has 0 aliphatic carbocycles. The van der Waals surface area contributed by atoms with Gasteiger partial charge >= 0.3 is 0 Å². The van der Waals surface area contributed by atoms with Gasteiger partial charge in [-0.05, 0) is 74.6 Å². The Morgan fingerprint density at radius 1 is 0.893 bits per heavy atom. The molecule has 0 spiro atoms. The zero-order valence-electron chi connectivity index (χ0n) is 19.4. The number of hydrogen-bond donors (Lipinski definition) is 3. The minimum absolute atomic E-state index is 0.0510. The Kier molecular flexibility index (Phi) is 16.3. The molecule has 0 heterocycles. The lowest BCUT2D eigenvalue weighted by Crippen LogP contribution is -2.54. The van der Waals surface area contributed by atoms with Crippen molar-refractivity contribution in [2.24, 2.45) is 11.5 Å². The van der Waals surface area contributed by atoms with Gasteiger partial charge in [0.2, 0.25) is 0 Å². The van der Waals surface area contributed by atoms with Crippen LogP contribution in [0.5, 0.6) is 0 Å². The van der Waals surface area contributed by atoms with Gasteiger partial charge in [0.15, 0.2) is 0 Å². The van der Waals surface area contributed by atoms with Crippen molar-refractivity contribution in [2.75, 3.05) is 101 Å². The van der Waals surface area contributed by atoms with Crippen molar-refractivity contribution in [2.45, 2.75) is 30.9 Å². The third kappa shape index (κ3) is 13.0. The molecule has 170 valence electrons. The van der Waals surface area contributed by atoms with E-state index in [1.165, 1.54) is 0 Å². The molecule has 2 unspecified atom stereocenters. The standard InChI is InChI=1S/C20H48N6O2/c1-23-11-16-28-20(8-10-21,9-13-24(2)3)19(22)7-12-26(6)15-18-27-17-14-25(4)5/h19,23H,7-18,21-22H2,1-6H3. The summed E-state index contributed by atoms with van der Waals surface area (Å²) in [6.07, 6.45) is 2.55. The van der Waals surface area contributed by atoms with E-state index in [-0.39, 0.29) is 11.6 Å². The fourth-order valence-corrected chi connectivity index (χ4v) is 3.06. The number of likely N-dealkylation sites (N-methyl/N-ethyl adjacent to an activating group) is 3. The molecule has 0 aromatic carbocycles. The molecule has 0 aromatic heterocycles. The summed E-state index contributed by atoms with van der Waals surface area (Å²) in [6.45, 7) is 7.25. The number of nitrogens with one attached hydrogen (secondary N) is 1. The second kappa shape index (κ2) is 16.5. The van der Waals surface area contributed by atoms with Crippen LogP contribution in [0.25, 0.3) is 0 Å². The number of ether oxygens (including phenoxy) is 2. The van der Waals surface area contributed by atoms with Gasteiger partial charge in [-0.3, -0.25) is 0 Å². The van der Waals surface area contributed by atoms with Crippen LogP contribution in [0.2, 0.25) is 0 Å². The van der Waals surface area contributed by atoms with Gasteiger partial charge in [0.05, 0.1) is 25.4 Å². The summed E-state index contributed by atoms with van der Waals surface area (Å²) in [5, 5.41) is 3.14. The molecule has 28 heavy (non-hydrogen) atoms. The average Bonchev–Trinajstić information content (AvgIpc) is 2.63. The topological polar surface area (TPSA) is 92.2 Å². The van der Waals surface area contributed by atoms with Gasteiger partial charge in [-0.2, -0.15) is 0 Å². The van der Waals surface area contributed by atoms with Crippen LogP contribution >= 0.6 is 0 Å². The molecular weight excluding hydrogens is 356 g/mol. The van der Waals surface area contributed by atoms with Crippen molar-refractivity contribution in [1.82, 2.24) is 20.0 Å². The lowest BCUT2D eigenvalue weighted by atomic mass is 9.85. The molecule has 8 heteroatoms. The first-order chi connectivity index (χ1) is 13.3. The summed E-state index contributed by atoms with van der Waals surface area (Å²) in [4.78, 5) is 6.58. The molecule has 0 radical (unpaired) electrons. The third-order valence-electron chi connectivity index (χ3n) is 5.09. The number of nitrogens with zero attached hydrogens (tertiary/aromatic N) is 3. The first-order valence-corrected chi connectivity index (χ1v) is 10.6. The Balaban J connectivity index is 4.58. The Hall–Kier alpha value is -0.320. The summed E-state index contributed by atoms with van der Waals surface area (Å²) in [7, 11) is 12.3. The van der Waals surface area contributed by atoms with Gasteiger partial charge in [-0.25, -0.2) is 0 Å². The number of rotatable bonds is 19. The predicted molar refractivity (Wildman–Crippen MR) is 119 cm³/mol. The first-order valence-electron chi connectivity index (χ1n) is 10.6. The van der Waals surface area contributed by atoms with E-state index in [9.17, 15) is 0 Å². The highest BCUT2D eigenvalue weighted by atomic mass is 16.5. The summed E-state index contributed by atoms with van der Waals surface area (Å²) in [5.41, 5.74) is 12.2. The van der Waals surface area contributed by atoms with Crippen LogP contribution < -0.4 is 16.8 Å². The quantitative estimate of drug-likeness (QED) is 0.248. The van der Waals surface area contributed by atoms with E-state index in [1.807, 2.05) is 7.05 Å². The van der Waals surface area contributed by atoms with E-state index in [2.05, 4.69) is 55.3 Å². The highest BCUT2D eigenvalue weighted by Gasteiger charge is 2.36. The van der Waals surface area contributed by atoms with E-state index in [0.717, 1.165) is 65.2 Å². The van der Waals surface area contributed by atoms with Crippen molar-refractivity contribution in [3.05, 3.63) is 0 Å². The van der Waals surface area contributed by atoms with Gasteiger partial charge in [-0.15, -0.1) is 0 Å². The molecular formula is C20H48N6O2. The SMILES string of the molecule is CNCCOC(CCN)(CCN(C)C)C(N)CCN(C)CCOCCN(C)C. The van der Waals surface area contributed by atoms with Crippen LogP contribution in [0.4, 0.5) is 0 Å². The Morgan fingerprint density at radius 2 is 1.54 bits per heavy atom. The highest BCUT2D eigenvalue weighted by molar-refractivity contribution is 4.93. The molecule has 5 N–H and O–H groups in total. The fourth-order valence-electron chi connectivity index (χ4n) is 3.06. The minimum Gasteiger partial charge on any atom is -0.379 e. The minimum atomic E-state index is -0.376. The Labute approximate surface area is 173 Å². The van der Waals surface area contributed by atoms with Crippen LogP contribution in [0.15, 0.2) is 0 Å². The van der Waals surface area contributed by atoms with Crippen LogP contribution in [-0.2, 0) is 9.47 Å². The molecule has 0 saturated heterocycles. The Bertz CT molecular complexity index is 360. The van der Waals surface area contributed by atoms with Crippen LogP contribution in [0.1, 0.15) is 19.3 Å². The second-order valence-corrected chi connectivity index (χ2v) is 8.22. The van der Waals surface area contributed by atoms with Gasteiger partial charge in [0.25, 0.3) is 0 Å². The lowest BCUT2D eigenvalue weighted by molar-refractivity contribution is -0.0771. The van der Waals surface area contributed by atoms with E-state index < -0.39 is 0 Å².